The van der Waals surface area contributed by atoms with Crippen LogP contribution < -0.4 is 34.9 Å². The van der Waals surface area contributed by atoms with Crippen molar-refractivity contribution < 1.29 is 42.5 Å². The molecular formula is C13H12NNaO3S. The standard InChI is InChI=1S/C13H13NO3S.Na/c15-18(16,17)13(11-7-3-1-4-8-11)14-12-9-5-2-6-10-12;/h1-10,13-14H,(H,15,16,17);/q;+1/p-1. The summed E-state index contributed by atoms with van der Waals surface area (Å²) in [6, 6.07) is 17.1. The van der Waals surface area contributed by atoms with E-state index in [1.54, 1.807) is 54.6 Å². The van der Waals surface area contributed by atoms with Gasteiger partial charge in [-0.3, -0.25) is 0 Å². The Bertz CT molecular complexity index is 602. The molecule has 2 aromatic rings. The number of para-hydroxylation sites is 1. The molecule has 0 amide bonds. The zero-order valence-electron chi connectivity index (χ0n) is 10.5. The van der Waals surface area contributed by atoms with Crippen molar-refractivity contribution in [3.05, 3.63) is 66.2 Å². The fourth-order valence-electron chi connectivity index (χ4n) is 1.64. The second-order valence-corrected chi connectivity index (χ2v) is 5.25. The maximum atomic E-state index is 11.3. The summed E-state index contributed by atoms with van der Waals surface area (Å²) in [4.78, 5) is 0. The van der Waals surface area contributed by atoms with Crippen LogP contribution in [0.1, 0.15) is 10.9 Å². The summed E-state index contributed by atoms with van der Waals surface area (Å²) in [5, 5.41) is 1.46. The van der Waals surface area contributed by atoms with E-state index in [0.29, 0.717) is 11.3 Å². The van der Waals surface area contributed by atoms with Crippen LogP contribution in [-0.4, -0.2) is 13.0 Å². The summed E-state index contributed by atoms with van der Waals surface area (Å²) < 4.78 is 34.0. The first-order valence-corrected chi connectivity index (χ1v) is 6.86. The van der Waals surface area contributed by atoms with Crippen LogP contribution >= 0.6 is 0 Å². The van der Waals surface area contributed by atoms with Crippen molar-refractivity contribution in [3.63, 3.8) is 0 Å². The second kappa shape index (κ2) is 7.07. The summed E-state index contributed by atoms with van der Waals surface area (Å²) >= 11 is 0. The average molecular weight is 285 g/mol. The van der Waals surface area contributed by atoms with Gasteiger partial charge in [0.15, 0.2) is 0 Å². The van der Waals surface area contributed by atoms with Gasteiger partial charge in [0.2, 0.25) is 0 Å². The Hall–Kier alpha value is -0.850. The predicted molar refractivity (Wildman–Crippen MR) is 68.9 cm³/mol. The van der Waals surface area contributed by atoms with E-state index in [-0.39, 0.29) is 29.6 Å². The van der Waals surface area contributed by atoms with Crippen LogP contribution in [0.25, 0.3) is 0 Å². The van der Waals surface area contributed by atoms with Crippen LogP contribution in [0, 0.1) is 0 Å². The summed E-state index contributed by atoms with van der Waals surface area (Å²) in [7, 11) is -4.48. The molecule has 94 valence electrons. The summed E-state index contributed by atoms with van der Waals surface area (Å²) in [5.74, 6) is 0. The Morgan fingerprint density at radius 3 is 1.84 bits per heavy atom. The van der Waals surface area contributed by atoms with Crippen molar-refractivity contribution >= 4 is 15.8 Å². The summed E-state index contributed by atoms with van der Waals surface area (Å²) in [6.07, 6.45) is 0. The van der Waals surface area contributed by atoms with E-state index in [9.17, 15) is 13.0 Å². The van der Waals surface area contributed by atoms with Crippen LogP contribution in [-0.2, 0) is 10.1 Å². The molecule has 0 aliphatic rings. The molecule has 0 aromatic heterocycles. The number of hydrogen-bond donors (Lipinski definition) is 1. The first-order valence-electron chi connectivity index (χ1n) is 5.38. The van der Waals surface area contributed by atoms with E-state index in [4.69, 9.17) is 0 Å². The average Bonchev–Trinajstić information content (AvgIpc) is 2.37. The molecule has 1 unspecified atom stereocenters. The van der Waals surface area contributed by atoms with E-state index in [1.165, 1.54) is 0 Å². The quantitative estimate of drug-likeness (QED) is 0.598. The normalized spacial score (nSPS) is 12.3. The van der Waals surface area contributed by atoms with Gasteiger partial charge in [0.05, 0.1) is 0 Å². The minimum absolute atomic E-state index is 0. The van der Waals surface area contributed by atoms with Crippen LogP contribution in [0.15, 0.2) is 60.7 Å². The fraction of sp³-hybridized carbons (Fsp3) is 0.0769. The van der Waals surface area contributed by atoms with Crippen molar-refractivity contribution in [2.24, 2.45) is 0 Å². The first-order chi connectivity index (χ1) is 8.57. The zero-order chi connectivity index (χ0) is 13.0. The molecule has 0 saturated heterocycles. The number of benzene rings is 2. The SMILES string of the molecule is O=S(=O)([O-])C(Nc1ccccc1)c1ccccc1.[Na+]. The van der Waals surface area contributed by atoms with Gasteiger partial charge < -0.3 is 9.87 Å². The van der Waals surface area contributed by atoms with Crippen LogP contribution in [0.3, 0.4) is 0 Å². The molecule has 0 radical (unpaired) electrons. The summed E-state index contributed by atoms with van der Waals surface area (Å²) in [6.45, 7) is 0. The smallest absolute Gasteiger partial charge is 0.746 e. The topological polar surface area (TPSA) is 69.2 Å². The van der Waals surface area contributed by atoms with Gasteiger partial charge in [-0.05, 0) is 17.7 Å². The van der Waals surface area contributed by atoms with E-state index < -0.39 is 15.5 Å². The Kier molecular flexibility index (Phi) is 6.03. The van der Waals surface area contributed by atoms with Gasteiger partial charge in [-0.1, -0.05) is 48.5 Å². The summed E-state index contributed by atoms with van der Waals surface area (Å²) in [5.41, 5.74) is 1.02. The van der Waals surface area contributed by atoms with Gasteiger partial charge in [-0.15, -0.1) is 0 Å². The molecule has 0 bridgehead atoms. The molecule has 0 heterocycles. The maximum Gasteiger partial charge on any atom is 1.00 e. The number of anilines is 1. The van der Waals surface area contributed by atoms with Gasteiger partial charge >= 0.3 is 29.6 Å². The third kappa shape index (κ3) is 4.63. The van der Waals surface area contributed by atoms with Crippen molar-refractivity contribution in [2.45, 2.75) is 5.37 Å². The van der Waals surface area contributed by atoms with Crippen LogP contribution in [0.5, 0.6) is 0 Å². The second-order valence-electron chi connectivity index (χ2n) is 3.79. The first kappa shape index (κ1) is 16.2. The van der Waals surface area contributed by atoms with E-state index in [1.807, 2.05) is 6.07 Å². The van der Waals surface area contributed by atoms with Gasteiger partial charge in [-0.2, -0.15) is 0 Å². The fourth-order valence-corrected chi connectivity index (χ4v) is 2.41. The van der Waals surface area contributed by atoms with E-state index in [0.717, 1.165) is 0 Å². The zero-order valence-corrected chi connectivity index (χ0v) is 13.3. The molecule has 1 N–H and O–H groups in total. The largest absolute Gasteiger partial charge is 1.00 e. The van der Waals surface area contributed by atoms with E-state index >= 15 is 0 Å². The molecule has 2 rings (SSSR count). The molecular weight excluding hydrogens is 273 g/mol. The molecule has 0 aliphatic carbocycles. The van der Waals surface area contributed by atoms with Crippen molar-refractivity contribution in [2.75, 3.05) is 5.32 Å². The van der Waals surface area contributed by atoms with Gasteiger partial charge in [0, 0.05) is 5.69 Å². The maximum absolute atomic E-state index is 11.3. The monoisotopic (exact) mass is 285 g/mol. The van der Waals surface area contributed by atoms with Crippen molar-refractivity contribution in [1.29, 1.82) is 0 Å². The van der Waals surface area contributed by atoms with Gasteiger partial charge in [0.25, 0.3) is 0 Å². The molecule has 2 aromatic carbocycles. The number of nitrogens with one attached hydrogen (secondary N) is 1. The van der Waals surface area contributed by atoms with Gasteiger partial charge in [-0.25, -0.2) is 8.42 Å². The minimum atomic E-state index is -4.48. The Morgan fingerprint density at radius 1 is 0.895 bits per heavy atom. The third-order valence-electron chi connectivity index (χ3n) is 2.46. The van der Waals surface area contributed by atoms with Crippen molar-refractivity contribution in [3.8, 4) is 0 Å². The van der Waals surface area contributed by atoms with Gasteiger partial charge in [0.1, 0.15) is 15.5 Å². The minimum Gasteiger partial charge on any atom is -0.746 e. The van der Waals surface area contributed by atoms with E-state index in [2.05, 4.69) is 5.32 Å². The Balaban J connectivity index is 0.00000180. The number of hydrogen-bond acceptors (Lipinski definition) is 4. The molecule has 19 heavy (non-hydrogen) atoms. The molecule has 0 aliphatic heterocycles. The molecule has 1 atom stereocenters. The predicted octanol–water partition coefficient (Wildman–Crippen LogP) is -0.653. The Labute approximate surface area is 134 Å². The number of rotatable bonds is 4. The molecule has 6 heteroatoms. The molecule has 4 nitrogen and oxygen atoms in total. The van der Waals surface area contributed by atoms with Crippen LogP contribution in [0.2, 0.25) is 0 Å². The van der Waals surface area contributed by atoms with Crippen molar-refractivity contribution in [1.82, 2.24) is 0 Å². The third-order valence-corrected chi connectivity index (χ3v) is 3.43. The Morgan fingerprint density at radius 2 is 1.37 bits per heavy atom. The molecule has 0 spiro atoms. The molecule has 0 fully saturated rings. The van der Waals surface area contributed by atoms with Crippen LogP contribution in [0.4, 0.5) is 5.69 Å². The molecule has 0 saturated carbocycles.